The van der Waals surface area contributed by atoms with Crippen LogP contribution in [0.5, 0.6) is 0 Å². The van der Waals surface area contributed by atoms with Gasteiger partial charge in [-0.25, -0.2) is 0 Å². The Morgan fingerprint density at radius 2 is 2.12 bits per heavy atom. The quantitative estimate of drug-likeness (QED) is 0.728. The lowest BCUT2D eigenvalue weighted by Crippen LogP contribution is -2.28. The van der Waals surface area contributed by atoms with E-state index < -0.39 is 0 Å². The molecule has 0 aromatic rings. The second-order valence-corrected chi connectivity index (χ2v) is 5.05. The number of hydrogen-bond donors (Lipinski definition) is 2. The molecule has 2 atom stereocenters. The van der Waals surface area contributed by atoms with E-state index in [1.807, 2.05) is 0 Å². The molecular weight excluding hydrogens is 200 g/mol. The molecular formula is C13H26N2O. The molecule has 1 saturated carbocycles. The van der Waals surface area contributed by atoms with Crippen molar-refractivity contribution >= 4 is 5.91 Å². The second kappa shape index (κ2) is 7.66. The summed E-state index contributed by atoms with van der Waals surface area (Å²) in [7, 11) is 0. The van der Waals surface area contributed by atoms with Crippen molar-refractivity contribution in [2.24, 2.45) is 17.6 Å². The Morgan fingerprint density at radius 3 is 2.81 bits per heavy atom. The molecule has 0 spiro atoms. The first-order valence-corrected chi connectivity index (χ1v) is 6.70. The first-order chi connectivity index (χ1) is 7.74. The van der Waals surface area contributed by atoms with Gasteiger partial charge in [-0.3, -0.25) is 4.79 Å². The van der Waals surface area contributed by atoms with Crippen LogP contribution in [0.15, 0.2) is 0 Å². The Morgan fingerprint density at radius 1 is 1.38 bits per heavy atom. The fraction of sp³-hybridized carbons (Fsp3) is 0.923. The Bertz CT molecular complexity index is 206. The summed E-state index contributed by atoms with van der Waals surface area (Å²) >= 11 is 0. The zero-order valence-corrected chi connectivity index (χ0v) is 10.5. The zero-order valence-electron chi connectivity index (χ0n) is 10.5. The van der Waals surface area contributed by atoms with E-state index in [1.165, 1.54) is 25.7 Å². The summed E-state index contributed by atoms with van der Waals surface area (Å²) in [6.45, 7) is 3.80. The molecule has 0 aliphatic heterocycles. The minimum absolute atomic E-state index is 0.161. The predicted octanol–water partition coefficient (Wildman–Crippen LogP) is 2.06. The van der Waals surface area contributed by atoms with Gasteiger partial charge in [0.05, 0.1) is 0 Å². The fourth-order valence-electron chi connectivity index (χ4n) is 2.57. The van der Waals surface area contributed by atoms with Crippen molar-refractivity contribution in [3.63, 3.8) is 0 Å². The average molecular weight is 226 g/mol. The maximum Gasteiger partial charge on any atom is 0.220 e. The summed E-state index contributed by atoms with van der Waals surface area (Å²) in [6.07, 6.45) is 8.00. The van der Waals surface area contributed by atoms with E-state index in [4.69, 9.17) is 5.73 Å². The van der Waals surface area contributed by atoms with Crippen LogP contribution in [0.4, 0.5) is 0 Å². The molecule has 16 heavy (non-hydrogen) atoms. The lowest BCUT2D eigenvalue weighted by molar-refractivity contribution is -0.121. The third-order valence-electron chi connectivity index (χ3n) is 3.73. The molecule has 0 aromatic carbocycles. The summed E-state index contributed by atoms with van der Waals surface area (Å²) in [6, 6.07) is 0. The maximum absolute atomic E-state index is 11.4. The highest BCUT2D eigenvalue weighted by Crippen LogP contribution is 2.31. The third kappa shape index (κ3) is 4.97. The highest BCUT2D eigenvalue weighted by Gasteiger charge is 2.20. The van der Waals surface area contributed by atoms with E-state index in [9.17, 15) is 4.79 Å². The van der Waals surface area contributed by atoms with Gasteiger partial charge >= 0.3 is 0 Å². The lowest BCUT2D eigenvalue weighted by atomic mass is 9.79. The summed E-state index contributed by atoms with van der Waals surface area (Å²) in [4.78, 5) is 11.4. The van der Waals surface area contributed by atoms with E-state index in [0.29, 0.717) is 13.0 Å². The number of nitrogens with two attached hydrogens (primary N) is 1. The lowest BCUT2D eigenvalue weighted by Gasteiger charge is -2.28. The molecule has 0 aromatic heterocycles. The Balaban J connectivity index is 2.07. The van der Waals surface area contributed by atoms with Gasteiger partial charge in [-0.15, -0.1) is 0 Å². The minimum atomic E-state index is 0.161. The highest BCUT2D eigenvalue weighted by atomic mass is 16.1. The van der Waals surface area contributed by atoms with Gasteiger partial charge in [-0.1, -0.05) is 32.6 Å². The molecule has 3 heteroatoms. The van der Waals surface area contributed by atoms with Crippen molar-refractivity contribution in [2.75, 3.05) is 13.1 Å². The minimum Gasteiger partial charge on any atom is -0.356 e. The number of carbonyl (C=O) groups is 1. The number of hydrogen-bond acceptors (Lipinski definition) is 2. The molecule has 94 valence electrons. The number of carbonyl (C=O) groups excluding carboxylic acids is 1. The van der Waals surface area contributed by atoms with Gasteiger partial charge in [-0.2, -0.15) is 0 Å². The van der Waals surface area contributed by atoms with Crippen LogP contribution in [0.1, 0.15) is 51.9 Å². The van der Waals surface area contributed by atoms with Crippen molar-refractivity contribution in [3.05, 3.63) is 0 Å². The molecule has 0 heterocycles. The van der Waals surface area contributed by atoms with Crippen LogP contribution in [0.3, 0.4) is 0 Å². The van der Waals surface area contributed by atoms with Crippen LogP contribution in [-0.4, -0.2) is 19.0 Å². The maximum atomic E-state index is 11.4. The monoisotopic (exact) mass is 226 g/mol. The molecule has 1 rings (SSSR count). The highest BCUT2D eigenvalue weighted by molar-refractivity contribution is 5.75. The van der Waals surface area contributed by atoms with Gasteiger partial charge in [-0.05, 0) is 31.2 Å². The molecule has 2 unspecified atom stereocenters. The summed E-state index contributed by atoms with van der Waals surface area (Å²) in [5.41, 5.74) is 5.36. The predicted molar refractivity (Wildman–Crippen MR) is 67.0 cm³/mol. The number of amides is 1. The fourth-order valence-corrected chi connectivity index (χ4v) is 2.57. The number of nitrogens with one attached hydrogen (secondary N) is 1. The standard InChI is InChI=1S/C13H26N2O/c1-11-5-2-3-6-12(11)8-10-15-13(16)7-4-9-14/h11-12H,2-10,14H2,1H3,(H,15,16). The third-order valence-corrected chi connectivity index (χ3v) is 3.73. The normalized spacial score (nSPS) is 25.4. The van der Waals surface area contributed by atoms with Crippen molar-refractivity contribution in [1.29, 1.82) is 0 Å². The SMILES string of the molecule is CC1CCCCC1CCNC(=O)CCCN. The molecule has 0 bridgehead atoms. The van der Waals surface area contributed by atoms with Crippen molar-refractivity contribution in [1.82, 2.24) is 5.32 Å². The van der Waals surface area contributed by atoms with Gasteiger partial charge in [0.25, 0.3) is 0 Å². The number of rotatable bonds is 6. The van der Waals surface area contributed by atoms with Crippen LogP contribution in [0.2, 0.25) is 0 Å². The molecule has 1 amide bonds. The molecule has 0 radical (unpaired) electrons. The van der Waals surface area contributed by atoms with Crippen LogP contribution in [-0.2, 0) is 4.79 Å². The van der Waals surface area contributed by atoms with Crippen molar-refractivity contribution < 1.29 is 4.79 Å². The first kappa shape index (κ1) is 13.5. The Kier molecular flexibility index (Phi) is 6.46. The van der Waals surface area contributed by atoms with Crippen LogP contribution < -0.4 is 11.1 Å². The first-order valence-electron chi connectivity index (χ1n) is 6.70. The smallest absolute Gasteiger partial charge is 0.220 e. The molecule has 1 aliphatic carbocycles. The Labute approximate surface area is 99.2 Å². The molecule has 3 nitrogen and oxygen atoms in total. The van der Waals surface area contributed by atoms with Gasteiger partial charge in [0.15, 0.2) is 0 Å². The molecule has 0 saturated heterocycles. The van der Waals surface area contributed by atoms with Gasteiger partial charge < -0.3 is 11.1 Å². The van der Waals surface area contributed by atoms with Crippen molar-refractivity contribution in [3.8, 4) is 0 Å². The molecule has 1 fully saturated rings. The van der Waals surface area contributed by atoms with E-state index in [0.717, 1.165) is 31.2 Å². The van der Waals surface area contributed by atoms with E-state index in [2.05, 4.69) is 12.2 Å². The Hall–Kier alpha value is -0.570. The largest absolute Gasteiger partial charge is 0.356 e. The summed E-state index contributed by atoms with van der Waals surface area (Å²) in [5, 5.41) is 2.99. The van der Waals surface area contributed by atoms with Gasteiger partial charge in [0, 0.05) is 13.0 Å². The van der Waals surface area contributed by atoms with E-state index in [1.54, 1.807) is 0 Å². The molecule has 3 N–H and O–H groups in total. The summed E-state index contributed by atoms with van der Waals surface area (Å²) in [5.74, 6) is 1.83. The van der Waals surface area contributed by atoms with Crippen molar-refractivity contribution in [2.45, 2.75) is 51.9 Å². The van der Waals surface area contributed by atoms with E-state index in [-0.39, 0.29) is 5.91 Å². The zero-order chi connectivity index (χ0) is 11.8. The average Bonchev–Trinajstić information content (AvgIpc) is 2.29. The van der Waals surface area contributed by atoms with Crippen LogP contribution in [0, 0.1) is 11.8 Å². The topological polar surface area (TPSA) is 55.1 Å². The van der Waals surface area contributed by atoms with E-state index >= 15 is 0 Å². The van der Waals surface area contributed by atoms with Gasteiger partial charge in [0.2, 0.25) is 5.91 Å². The van der Waals surface area contributed by atoms with Gasteiger partial charge in [0.1, 0.15) is 0 Å². The molecule has 1 aliphatic rings. The summed E-state index contributed by atoms with van der Waals surface area (Å²) < 4.78 is 0. The second-order valence-electron chi connectivity index (χ2n) is 5.05. The van der Waals surface area contributed by atoms with Crippen LogP contribution in [0.25, 0.3) is 0 Å². The van der Waals surface area contributed by atoms with Crippen LogP contribution >= 0.6 is 0 Å².